The molecule has 0 radical (unpaired) electrons. The van der Waals surface area contributed by atoms with Gasteiger partial charge in [0.15, 0.2) is 5.78 Å². The average Bonchev–Trinajstić information content (AvgIpc) is 3.14. The first-order valence-electron chi connectivity index (χ1n) is 9.65. The van der Waals surface area contributed by atoms with E-state index in [2.05, 4.69) is 22.2 Å². The van der Waals surface area contributed by atoms with Gasteiger partial charge in [0.25, 0.3) is 0 Å². The maximum atomic E-state index is 12.7. The molecule has 0 bridgehead atoms. The van der Waals surface area contributed by atoms with Crippen LogP contribution in [-0.2, 0) is 13.5 Å². The SMILES string of the molecule is CC(C)Oc1ccc(C(=O)Cc2cc3cc(-c4cnn(C)c4)ccc3cn2)cc1. The first kappa shape index (κ1) is 18.9. The predicted molar refractivity (Wildman–Crippen MR) is 114 cm³/mol. The van der Waals surface area contributed by atoms with Gasteiger partial charge in [-0.3, -0.25) is 14.5 Å². The lowest BCUT2D eigenvalue weighted by molar-refractivity contribution is 0.0992. The molecular weight excluding hydrogens is 362 g/mol. The summed E-state index contributed by atoms with van der Waals surface area (Å²) in [6.45, 7) is 3.95. The highest BCUT2D eigenvalue weighted by molar-refractivity contribution is 5.98. The molecule has 0 amide bonds. The Morgan fingerprint density at radius 1 is 1.00 bits per heavy atom. The standard InChI is InChI=1S/C24H23N3O2/c1-16(2)29-23-8-6-17(7-9-23)24(28)12-22-11-20-10-18(4-5-19(20)13-25-22)21-14-26-27(3)15-21/h4-11,13-16H,12H2,1-3H3. The molecular formula is C24H23N3O2. The van der Waals surface area contributed by atoms with Crippen LogP contribution in [-0.4, -0.2) is 26.7 Å². The molecule has 0 aliphatic carbocycles. The average molecular weight is 385 g/mol. The van der Waals surface area contributed by atoms with Gasteiger partial charge in [-0.15, -0.1) is 0 Å². The second kappa shape index (κ2) is 7.87. The molecule has 29 heavy (non-hydrogen) atoms. The first-order chi connectivity index (χ1) is 14.0. The number of carbonyl (C=O) groups excluding carboxylic acids is 1. The molecule has 0 fully saturated rings. The van der Waals surface area contributed by atoms with E-state index >= 15 is 0 Å². The van der Waals surface area contributed by atoms with Gasteiger partial charge in [0.2, 0.25) is 0 Å². The number of ether oxygens (including phenoxy) is 1. The number of hydrogen-bond acceptors (Lipinski definition) is 4. The topological polar surface area (TPSA) is 57.0 Å². The zero-order valence-electron chi connectivity index (χ0n) is 16.8. The molecule has 0 saturated heterocycles. The minimum Gasteiger partial charge on any atom is -0.491 e. The summed E-state index contributed by atoms with van der Waals surface area (Å²) < 4.78 is 7.42. The molecule has 0 N–H and O–H groups in total. The van der Waals surface area contributed by atoms with Crippen LogP contribution in [0.5, 0.6) is 5.75 Å². The fraction of sp³-hybridized carbons (Fsp3) is 0.208. The van der Waals surface area contributed by atoms with Crippen molar-refractivity contribution in [2.75, 3.05) is 0 Å². The summed E-state index contributed by atoms with van der Waals surface area (Å²) in [5, 5.41) is 6.34. The highest BCUT2D eigenvalue weighted by Crippen LogP contribution is 2.24. The highest BCUT2D eigenvalue weighted by atomic mass is 16.5. The number of pyridine rings is 1. The summed E-state index contributed by atoms with van der Waals surface area (Å²) in [6, 6.07) is 15.5. The quantitative estimate of drug-likeness (QED) is 0.445. The fourth-order valence-electron chi connectivity index (χ4n) is 3.29. The summed E-state index contributed by atoms with van der Waals surface area (Å²) in [4.78, 5) is 17.2. The van der Waals surface area contributed by atoms with Gasteiger partial charge in [-0.1, -0.05) is 12.1 Å². The minimum absolute atomic E-state index is 0.0383. The highest BCUT2D eigenvalue weighted by Gasteiger charge is 2.10. The maximum absolute atomic E-state index is 12.7. The van der Waals surface area contributed by atoms with Crippen molar-refractivity contribution in [1.82, 2.24) is 14.8 Å². The molecule has 0 saturated carbocycles. The number of benzene rings is 2. The van der Waals surface area contributed by atoms with Gasteiger partial charge in [-0.2, -0.15) is 5.10 Å². The second-order valence-corrected chi connectivity index (χ2v) is 7.43. The lowest BCUT2D eigenvalue weighted by Gasteiger charge is -2.10. The molecule has 0 unspecified atom stereocenters. The summed E-state index contributed by atoms with van der Waals surface area (Å²) in [5.41, 5.74) is 3.57. The van der Waals surface area contributed by atoms with E-state index in [-0.39, 0.29) is 18.3 Å². The van der Waals surface area contributed by atoms with E-state index in [1.165, 1.54) is 0 Å². The molecule has 2 aromatic carbocycles. The lowest BCUT2D eigenvalue weighted by Crippen LogP contribution is -2.07. The predicted octanol–water partition coefficient (Wildman–Crippen LogP) is 4.85. The minimum atomic E-state index is 0.0383. The monoisotopic (exact) mass is 385 g/mol. The Labute approximate surface area is 170 Å². The fourth-order valence-corrected chi connectivity index (χ4v) is 3.29. The van der Waals surface area contributed by atoms with E-state index in [0.29, 0.717) is 5.56 Å². The summed E-state index contributed by atoms with van der Waals surface area (Å²) in [6.07, 6.45) is 6.02. The number of nitrogens with zero attached hydrogens (tertiary/aromatic N) is 3. The van der Waals surface area contributed by atoms with Crippen molar-refractivity contribution >= 4 is 16.6 Å². The van der Waals surface area contributed by atoms with E-state index in [9.17, 15) is 4.79 Å². The van der Waals surface area contributed by atoms with E-state index < -0.39 is 0 Å². The Kier molecular flexibility index (Phi) is 5.12. The van der Waals surface area contributed by atoms with Crippen molar-refractivity contribution in [1.29, 1.82) is 0 Å². The van der Waals surface area contributed by atoms with Gasteiger partial charge in [0.05, 0.1) is 18.7 Å². The molecule has 4 rings (SSSR count). The Morgan fingerprint density at radius 2 is 1.79 bits per heavy atom. The normalized spacial score (nSPS) is 11.2. The van der Waals surface area contributed by atoms with Gasteiger partial charge < -0.3 is 4.74 Å². The molecule has 0 aliphatic rings. The van der Waals surface area contributed by atoms with Gasteiger partial charge in [0.1, 0.15) is 5.75 Å². The van der Waals surface area contributed by atoms with E-state index in [0.717, 1.165) is 33.3 Å². The van der Waals surface area contributed by atoms with Crippen molar-refractivity contribution in [2.24, 2.45) is 7.05 Å². The Morgan fingerprint density at radius 3 is 2.48 bits per heavy atom. The van der Waals surface area contributed by atoms with Gasteiger partial charge >= 0.3 is 0 Å². The third-order valence-corrected chi connectivity index (χ3v) is 4.71. The number of aromatic nitrogens is 3. The molecule has 5 heteroatoms. The van der Waals surface area contributed by atoms with Crippen LogP contribution in [0.15, 0.2) is 67.1 Å². The summed E-state index contributed by atoms with van der Waals surface area (Å²) in [7, 11) is 1.90. The van der Waals surface area contributed by atoms with Crippen molar-refractivity contribution < 1.29 is 9.53 Å². The van der Waals surface area contributed by atoms with E-state index in [1.807, 2.05) is 75.9 Å². The first-order valence-corrected chi connectivity index (χ1v) is 9.65. The van der Waals surface area contributed by atoms with Crippen LogP contribution in [0.4, 0.5) is 0 Å². The second-order valence-electron chi connectivity index (χ2n) is 7.43. The Bertz CT molecular complexity index is 1160. The lowest BCUT2D eigenvalue weighted by atomic mass is 10.0. The molecule has 2 aromatic heterocycles. The molecule has 5 nitrogen and oxygen atoms in total. The molecule has 0 spiro atoms. The number of fused-ring (bicyclic) bond motifs is 1. The van der Waals surface area contributed by atoms with Crippen LogP contribution < -0.4 is 4.74 Å². The van der Waals surface area contributed by atoms with E-state index in [1.54, 1.807) is 4.68 Å². The van der Waals surface area contributed by atoms with Crippen LogP contribution in [0.1, 0.15) is 29.9 Å². The summed E-state index contributed by atoms with van der Waals surface area (Å²) in [5.74, 6) is 0.805. The molecule has 0 aliphatic heterocycles. The number of ketones is 1. The smallest absolute Gasteiger partial charge is 0.168 e. The number of aryl methyl sites for hydroxylation is 1. The van der Waals surface area contributed by atoms with Crippen molar-refractivity contribution in [2.45, 2.75) is 26.4 Å². The van der Waals surface area contributed by atoms with Crippen LogP contribution in [0, 0.1) is 0 Å². The number of rotatable bonds is 6. The van der Waals surface area contributed by atoms with Crippen LogP contribution >= 0.6 is 0 Å². The van der Waals surface area contributed by atoms with Gasteiger partial charge in [-0.25, -0.2) is 0 Å². The number of hydrogen-bond donors (Lipinski definition) is 0. The zero-order valence-corrected chi connectivity index (χ0v) is 16.8. The van der Waals surface area contributed by atoms with Gasteiger partial charge in [-0.05, 0) is 61.2 Å². The number of Topliss-reactive ketones (excluding diaryl/α,β-unsaturated/α-hetero) is 1. The molecule has 0 atom stereocenters. The van der Waals surface area contributed by atoms with Gasteiger partial charge in [0, 0.05) is 41.6 Å². The van der Waals surface area contributed by atoms with Crippen LogP contribution in [0.2, 0.25) is 0 Å². The molecule has 146 valence electrons. The number of carbonyl (C=O) groups is 1. The molecule has 4 aromatic rings. The Balaban J connectivity index is 1.55. The largest absolute Gasteiger partial charge is 0.491 e. The van der Waals surface area contributed by atoms with Crippen LogP contribution in [0.3, 0.4) is 0 Å². The van der Waals surface area contributed by atoms with Crippen LogP contribution in [0.25, 0.3) is 21.9 Å². The van der Waals surface area contributed by atoms with Crippen molar-refractivity contribution in [3.8, 4) is 16.9 Å². The van der Waals surface area contributed by atoms with Crippen molar-refractivity contribution in [3.05, 3.63) is 78.4 Å². The third-order valence-electron chi connectivity index (χ3n) is 4.71. The van der Waals surface area contributed by atoms with E-state index in [4.69, 9.17) is 4.74 Å². The summed E-state index contributed by atoms with van der Waals surface area (Å²) >= 11 is 0. The maximum Gasteiger partial charge on any atom is 0.168 e. The third kappa shape index (κ3) is 4.35. The van der Waals surface area contributed by atoms with Crippen molar-refractivity contribution in [3.63, 3.8) is 0 Å². The zero-order chi connectivity index (χ0) is 20.4. The Hall–Kier alpha value is -3.47. The molecule has 2 heterocycles.